The standard InChI is InChI=1S/C35H44Cl2O/c1-33(2,3)26-10-9-13-31(21-26)38-32-15-14-24(18-32)22-35(7,27-11-8-12-29(36)19-27)23-25-16-28(34(4,5)6)20-30(37)17-25/h8-13,16-17,19-21,24,32H,14-15,18,22-23H2,1-7H3. The van der Waals surface area contributed by atoms with Crippen molar-refractivity contribution in [3.63, 3.8) is 0 Å². The van der Waals surface area contributed by atoms with E-state index in [1.54, 1.807) is 0 Å². The highest BCUT2D eigenvalue weighted by molar-refractivity contribution is 6.31. The van der Waals surface area contributed by atoms with Crippen LogP contribution in [-0.4, -0.2) is 6.10 Å². The fraction of sp³-hybridized carbons (Fsp3) is 0.486. The third kappa shape index (κ3) is 7.36. The minimum atomic E-state index is -0.0591. The third-order valence-electron chi connectivity index (χ3n) is 8.17. The summed E-state index contributed by atoms with van der Waals surface area (Å²) in [6.45, 7) is 15.9. The number of rotatable bonds is 7. The molecule has 1 aliphatic rings. The maximum absolute atomic E-state index is 6.62. The summed E-state index contributed by atoms with van der Waals surface area (Å²) >= 11 is 13.1. The molecule has 4 rings (SSSR count). The molecule has 0 spiro atoms. The Morgan fingerprint density at radius 3 is 2.05 bits per heavy atom. The predicted octanol–water partition coefficient (Wildman–Crippen LogP) is 10.7. The van der Waals surface area contributed by atoms with Crippen LogP contribution in [0.4, 0.5) is 0 Å². The van der Waals surface area contributed by atoms with Gasteiger partial charge < -0.3 is 4.74 Å². The molecule has 0 saturated heterocycles. The van der Waals surface area contributed by atoms with Gasteiger partial charge in [-0.3, -0.25) is 0 Å². The molecule has 3 atom stereocenters. The summed E-state index contributed by atoms with van der Waals surface area (Å²) < 4.78 is 6.53. The highest BCUT2D eigenvalue weighted by atomic mass is 35.5. The number of ether oxygens (including phenoxy) is 1. The van der Waals surface area contributed by atoms with E-state index < -0.39 is 0 Å². The molecule has 0 heterocycles. The SMILES string of the molecule is CC(C)(C)c1cc(Cl)cc(CC(C)(CC2CCC(Oc3cccc(C(C)(C)C)c3)C2)c2cccc(Cl)c2)c1. The Kier molecular flexibility index (Phi) is 8.61. The second-order valence-corrected chi connectivity index (χ2v) is 14.6. The lowest BCUT2D eigenvalue weighted by Crippen LogP contribution is -2.28. The monoisotopic (exact) mass is 550 g/mol. The van der Waals surface area contributed by atoms with Crippen LogP contribution in [0.15, 0.2) is 66.7 Å². The molecule has 3 aromatic carbocycles. The van der Waals surface area contributed by atoms with Crippen LogP contribution in [0, 0.1) is 5.92 Å². The molecule has 0 aromatic heterocycles. The van der Waals surface area contributed by atoms with Crippen molar-refractivity contribution in [1.29, 1.82) is 0 Å². The van der Waals surface area contributed by atoms with Gasteiger partial charge in [-0.25, -0.2) is 0 Å². The van der Waals surface area contributed by atoms with Crippen molar-refractivity contribution < 1.29 is 4.74 Å². The molecule has 38 heavy (non-hydrogen) atoms. The molecule has 0 bridgehead atoms. The highest BCUT2D eigenvalue weighted by Gasteiger charge is 2.35. The normalized spacial score (nSPS) is 19.8. The van der Waals surface area contributed by atoms with Crippen LogP contribution in [0.3, 0.4) is 0 Å². The number of benzene rings is 3. The van der Waals surface area contributed by atoms with E-state index in [1.165, 1.54) is 28.7 Å². The Bertz CT molecular complexity index is 1250. The summed E-state index contributed by atoms with van der Waals surface area (Å²) in [6, 6.07) is 23.7. The van der Waals surface area contributed by atoms with Crippen LogP contribution in [0.5, 0.6) is 5.75 Å². The molecule has 1 fully saturated rings. The van der Waals surface area contributed by atoms with Crippen LogP contribution in [0.25, 0.3) is 0 Å². The van der Waals surface area contributed by atoms with Crippen LogP contribution in [-0.2, 0) is 22.7 Å². The van der Waals surface area contributed by atoms with Crippen molar-refractivity contribution in [2.45, 2.75) is 103 Å². The molecule has 0 aliphatic heterocycles. The zero-order valence-corrected chi connectivity index (χ0v) is 25.7. The fourth-order valence-electron chi connectivity index (χ4n) is 5.98. The molecule has 0 N–H and O–H groups in total. The van der Waals surface area contributed by atoms with Gasteiger partial charge in [-0.15, -0.1) is 0 Å². The first kappa shape index (κ1) is 29.0. The van der Waals surface area contributed by atoms with E-state index in [1.807, 2.05) is 6.07 Å². The minimum Gasteiger partial charge on any atom is -0.490 e. The minimum absolute atomic E-state index is 0.0480. The third-order valence-corrected chi connectivity index (χ3v) is 8.63. The van der Waals surface area contributed by atoms with E-state index in [2.05, 4.69) is 109 Å². The van der Waals surface area contributed by atoms with Crippen LogP contribution < -0.4 is 4.74 Å². The summed E-state index contributed by atoms with van der Waals surface area (Å²) in [5, 5.41) is 1.61. The Labute approximate surface area is 240 Å². The Hall–Kier alpha value is -1.96. The molecule has 204 valence electrons. The molecule has 1 saturated carbocycles. The zero-order valence-electron chi connectivity index (χ0n) is 24.2. The van der Waals surface area contributed by atoms with Gasteiger partial charge in [-0.2, -0.15) is 0 Å². The van der Waals surface area contributed by atoms with E-state index in [9.17, 15) is 0 Å². The van der Waals surface area contributed by atoms with Crippen molar-refractivity contribution in [3.8, 4) is 5.75 Å². The zero-order chi connectivity index (χ0) is 27.7. The van der Waals surface area contributed by atoms with Gasteiger partial charge in [0.1, 0.15) is 5.75 Å². The van der Waals surface area contributed by atoms with E-state index in [4.69, 9.17) is 27.9 Å². The molecule has 1 aliphatic carbocycles. The molecule has 0 amide bonds. The fourth-order valence-corrected chi connectivity index (χ4v) is 6.43. The maximum atomic E-state index is 6.62. The molecular formula is C35H44Cl2O. The Morgan fingerprint density at radius 1 is 0.711 bits per heavy atom. The Morgan fingerprint density at radius 2 is 1.37 bits per heavy atom. The number of hydrogen-bond donors (Lipinski definition) is 0. The van der Waals surface area contributed by atoms with Gasteiger partial charge in [-0.1, -0.05) is 102 Å². The van der Waals surface area contributed by atoms with Gasteiger partial charge >= 0.3 is 0 Å². The first-order chi connectivity index (χ1) is 17.7. The van der Waals surface area contributed by atoms with Crippen molar-refractivity contribution in [1.82, 2.24) is 0 Å². The lowest BCUT2D eigenvalue weighted by atomic mass is 9.70. The molecule has 0 radical (unpaired) electrons. The van der Waals surface area contributed by atoms with E-state index >= 15 is 0 Å². The van der Waals surface area contributed by atoms with Crippen LogP contribution >= 0.6 is 23.2 Å². The van der Waals surface area contributed by atoms with E-state index in [0.29, 0.717) is 5.92 Å². The second kappa shape index (κ2) is 11.3. The topological polar surface area (TPSA) is 9.23 Å². The lowest BCUT2D eigenvalue weighted by molar-refractivity contribution is 0.199. The summed E-state index contributed by atoms with van der Waals surface area (Å²) in [5.41, 5.74) is 5.28. The van der Waals surface area contributed by atoms with E-state index in [0.717, 1.165) is 41.5 Å². The molecule has 3 heteroatoms. The Balaban J connectivity index is 1.54. The average molecular weight is 552 g/mol. The van der Waals surface area contributed by atoms with Crippen molar-refractivity contribution in [3.05, 3.63) is 99.0 Å². The van der Waals surface area contributed by atoms with Crippen LogP contribution in [0.2, 0.25) is 10.0 Å². The van der Waals surface area contributed by atoms with Crippen molar-refractivity contribution in [2.24, 2.45) is 5.92 Å². The smallest absolute Gasteiger partial charge is 0.120 e. The van der Waals surface area contributed by atoms with E-state index in [-0.39, 0.29) is 22.3 Å². The number of hydrogen-bond acceptors (Lipinski definition) is 1. The quantitative estimate of drug-likeness (QED) is 0.284. The summed E-state index contributed by atoms with van der Waals surface area (Å²) in [4.78, 5) is 0. The van der Waals surface area contributed by atoms with Crippen molar-refractivity contribution in [2.75, 3.05) is 0 Å². The van der Waals surface area contributed by atoms with Gasteiger partial charge in [0.25, 0.3) is 0 Å². The predicted molar refractivity (Wildman–Crippen MR) is 164 cm³/mol. The van der Waals surface area contributed by atoms with Gasteiger partial charge in [0.15, 0.2) is 0 Å². The average Bonchev–Trinajstić information content (AvgIpc) is 3.24. The second-order valence-electron chi connectivity index (χ2n) is 13.7. The van der Waals surface area contributed by atoms with Gasteiger partial charge in [0.2, 0.25) is 0 Å². The largest absolute Gasteiger partial charge is 0.490 e. The van der Waals surface area contributed by atoms with Gasteiger partial charge in [-0.05, 0) is 113 Å². The van der Waals surface area contributed by atoms with Crippen LogP contribution in [0.1, 0.15) is 96.4 Å². The van der Waals surface area contributed by atoms with Gasteiger partial charge in [0.05, 0.1) is 6.10 Å². The summed E-state index contributed by atoms with van der Waals surface area (Å²) in [7, 11) is 0. The summed E-state index contributed by atoms with van der Waals surface area (Å²) in [6.07, 6.45) is 5.64. The molecular weight excluding hydrogens is 507 g/mol. The first-order valence-corrected chi connectivity index (χ1v) is 14.8. The summed E-state index contributed by atoms with van der Waals surface area (Å²) in [5.74, 6) is 1.59. The molecule has 3 unspecified atom stereocenters. The molecule has 1 nitrogen and oxygen atoms in total. The molecule has 3 aromatic rings. The van der Waals surface area contributed by atoms with Gasteiger partial charge in [0, 0.05) is 10.0 Å². The highest BCUT2D eigenvalue weighted by Crippen LogP contribution is 2.42. The maximum Gasteiger partial charge on any atom is 0.120 e. The lowest BCUT2D eigenvalue weighted by Gasteiger charge is -2.34. The van der Waals surface area contributed by atoms with Crippen molar-refractivity contribution >= 4 is 23.2 Å². The number of halogens is 2. The first-order valence-electron chi connectivity index (χ1n) is 14.0.